The molecule has 102 valence electrons. The van der Waals surface area contributed by atoms with E-state index < -0.39 is 0 Å². The van der Waals surface area contributed by atoms with Crippen molar-refractivity contribution in [3.63, 3.8) is 0 Å². The molecule has 19 heavy (non-hydrogen) atoms. The van der Waals surface area contributed by atoms with Crippen LogP contribution in [0.2, 0.25) is 0 Å². The highest BCUT2D eigenvalue weighted by Crippen LogP contribution is 2.04. The highest BCUT2D eigenvalue weighted by molar-refractivity contribution is 5.87. The summed E-state index contributed by atoms with van der Waals surface area (Å²) in [4.78, 5) is 11.3. The molecular weight excluding hydrogens is 241 g/mol. The van der Waals surface area contributed by atoms with Gasteiger partial charge in [0.15, 0.2) is 0 Å². The quantitative estimate of drug-likeness (QED) is 0.618. The lowest BCUT2D eigenvalue weighted by Gasteiger charge is -2.03. The van der Waals surface area contributed by atoms with Crippen LogP contribution in [0.3, 0.4) is 0 Å². The van der Waals surface area contributed by atoms with Crippen LogP contribution < -0.4 is 5.32 Å². The largest absolute Gasteiger partial charge is 0.352 e. The number of rotatable bonds is 6. The van der Waals surface area contributed by atoms with Gasteiger partial charge < -0.3 is 5.32 Å². The summed E-state index contributed by atoms with van der Waals surface area (Å²) in [6.07, 6.45) is 7.51. The van der Waals surface area contributed by atoms with Crippen molar-refractivity contribution >= 4 is 5.91 Å². The summed E-state index contributed by atoms with van der Waals surface area (Å²) in [5.74, 6) is 0.125. The number of allylic oxidation sites excluding steroid dienone is 3. The smallest absolute Gasteiger partial charge is 0.243 e. The van der Waals surface area contributed by atoms with Gasteiger partial charge in [0.2, 0.25) is 5.91 Å². The Morgan fingerprint density at radius 3 is 2.84 bits per heavy atom. The molecule has 1 aromatic rings. The second-order valence-electron chi connectivity index (χ2n) is 4.76. The van der Waals surface area contributed by atoms with Crippen LogP contribution in [0, 0.1) is 11.7 Å². The molecule has 0 unspecified atom stereocenters. The predicted molar refractivity (Wildman–Crippen MR) is 76.2 cm³/mol. The fourth-order valence-corrected chi connectivity index (χ4v) is 1.45. The maximum absolute atomic E-state index is 12.9. The molecule has 3 heteroatoms. The minimum absolute atomic E-state index is 0.0934. The summed E-state index contributed by atoms with van der Waals surface area (Å²) in [6.45, 7) is 4.77. The molecule has 0 aromatic heterocycles. The third-order valence-corrected chi connectivity index (χ3v) is 2.42. The molecular formula is C16H20FNO. The minimum Gasteiger partial charge on any atom is -0.352 e. The molecule has 0 fully saturated rings. The summed E-state index contributed by atoms with van der Waals surface area (Å²) in [5.41, 5.74) is 0.911. The van der Waals surface area contributed by atoms with Crippen molar-refractivity contribution in [2.45, 2.75) is 20.3 Å². The number of amides is 1. The molecule has 0 radical (unpaired) electrons. The van der Waals surface area contributed by atoms with E-state index in [1.54, 1.807) is 18.2 Å². The zero-order chi connectivity index (χ0) is 14.1. The second kappa shape index (κ2) is 8.25. The van der Waals surface area contributed by atoms with Gasteiger partial charge >= 0.3 is 0 Å². The summed E-state index contributed by atoms with van der Waals surface area (Å²) in [5, 5.41) is 2.79. The van der Waals surface area contributed by atoms with Crippen molar-refractivity contribution in [3.05, 3.63) is 60.0 Å². The number of halogens is 1. The Morgan fingerprint density at radius 1 is 1.37 bits per heavy atom. The Bertz CT molecular complexity index is 464. The Labute approximate surface area is 114 Å². The zero-order valence-corrected chi connectivity index (χ0v) is 11.4. The van der Waals surface area contributed by atoms with Crippen LogP contribution in [-0.2, 0) is 11.2 Å². The maximum Gasteiger partial charge on any atom is 0.243 e. The molecule has 0 bridgehead atoms. The molecule has 0 heterocycles. The Morgan fingerprint density at radius 2 is 2.16 bits per heavy atom. The number of carbonyl (C=O) groups is 1. The van der Waals surface area contributed by atoms with Gasteiger partial charge in [-0.05, 0) is 30.0 Å². The van der Waals surface area contributed by atoms with Gasteiger partial charge in [-0.25, -0.2) is 4.39 Å². The lowest BCUT2D eigenvalue weighted by Crippen LogP contribution is -2.25. The van der Waals surface area contributed by atoms with Gasteiger partial charge in [0.25, 0.3) is 0 Å². The van der Waals surface area contributed by atoms with Crippen molar-refractivity contribution in [1.82, 2.24) is 5.32 Å². The molecule has 0 saturated carbocycles. The maximum atomic E-state index is 12.9. The lowest BCUT2D eigenvalue weighted by molar-refractivity contribution is -0.116. The van der Waals surface area contributed by atoms with Crippen molar-refractivity contribution < 1.29 is 9.18 Å². The van der Waals surface area contributed by atoms with Crippen LogP contribution in [0.1, 0.15) is 19.4 Å². The summed E-state index contributed by atoms with van der Waals surface area (Å²) in [7, 11) is 0. The minimum atomic E-state index is -0.227. The molecule has 2 nitrogen and oxygen atoms in total. The molecule has 1 amide bonds. The molecule has 0 atom stereocenters. The van der Waals surface area contributed by atoms with Crippen LogP contribution >= 0.6 is 0 Å². The van der Waals surface area contributed by atoms with Crippen LogP contribution in [-0.4, -0.2) is 12.5 Å². The highest BCUT2D eigenvalue weighted by Gasteiger charge is 1.96. The second-order valence-corrected chi connectivity index (χ2v) is 4.76. The molecule has 0 aliphatic rings. The van der Waals surface area contributed by atoms with Gasteiger partial charge in [-0.3, -0.25) is 4.79 Å². The van der Waals surface area contributed by atoms with Gasteiger partial charge in [-0.1, -0.05) is 44.2 Å². The molecule has 1 N–H and O–H groups in total. The number of hydrogen-bond acceptors (Lipinski definition) is 1. The first kappa shape index (κ1) is 15.2. The van der Waals surface area contributed by atoms with Crippen LogP contribution in [0.5, 0.6) is 0 Å². The van der Waals surface area contributed by atoms with Crippen LogP contribution in [0.25, 0.3) is 0 Å². The van der Waals surface area contributed by atoms with Crippen LogP contribution in [0.4, 0.5) is 4.39 Å². The van der Waals surface area contributed by atoms with E-state index in [9.17, 15) is 9.18 Å². The van der Waals surface area contributed by atoms with Gasteiger partial charge in [0, 0.05) is 12.6 Å². The van der Waals surface area contributed by atoms with Crippen LogP contribution in [0.15, 0.2) is 48.6 Å². The summed E-state index contributed by atoms with van der Waals surface area (Å²) < 4.78 is 12.9. The summed E-state index contributed by atoms with van der Waals surface area (Å²) in [6, 6.07) is 6.48. The average molecular weight is 261 g/mol. The molecule has 0 aliphatic heterocycles. The van der Waals surface area contributed by atoms with Gasteiger partial charge in [0.05, 0.1) is 0 Å². The number of benzene rings is 1. The third-order valence-electron chi connectivity index (χ3n) is 2.42. The molecule has 0 aliphatic carbocycles. The zero-order valence-electron chi connectivity index (χ0n) is 11.4. The Kier molecular flexibility index (Phi) is 6.58. The van der Waals surface area contributed by atoms with E-state index in [1.807, 2.05) is 26.0 Å². The molecule has 0 saturated heterocycles. The first-order valence-corrected chi connectivity index (χ1v) is 6.43. The predicted octanol–water partition coefficient (Wildman–Crippen LogP) is 3.25. The van der Waals surface area contributed by atoms with Gasteiger partial charge in [-0.2, -0.15) is 0 Å². The van der Waals surface area contributed by atoms with Crippen molar-refractivity contribution in [3.8, 4) is 0 Å². The SMILES string of the molecule is CC(C)CNC(=O)/C=C/C=C/Cc1cccc(F)c1. The lowest BCUT2D eigenvalue weighted by atomic mass is 10.1. The standard InChI is InChI=1S/C16H20FNO/c1-13(2)12-18-16(19)10-5-3-4-7-14-8-6-9-15(17)11-14/h3-6,8-11,13H,7,12H2,1-2H3,(H,18,19)/b4-3+,10-5+. The van der Waals surface area contributed by atoms with E-state index in [2.05, 4.69) is 5.32 Å². The average Bonchev–Trinajstić information content (AvgIpc) is 2.36. The number of carbonyl (C=O) groups excluding carboxylic acids is 1. The molecule has 0 spiro atoms. The first-order chi connectivity index (χ1) is 9.08. The first-order valence-electron chi connectivity index (χ1n) is 6.43. The Hall–Kier alpha value is -1.90. The normalized spacial score (nSPS) is 11.6. The highest BCUT2D eigenvalue weighted by atomic mass is 19.1. The summed E-state index contributed by atoms with van der Waals surface area (Å²) >= 11 is 0. The van der Waals surface area contributed by atoms with Gasteiger partial charge in [0.1, 0.15) is 5.82 Å². The van der Waals surface area contributed by atoms with E-state index in [4.69, 9.17) is 0 Å². The number of hydrogen-bond donors (Lipinski definition) is 1. The fourth-order valence-electron chi connectivity index (χ4n) is 1.45. The van der Waals surface area contributed by atoms with Crippen molar-refractivity contribution in [1.29, 1.82) is 0 Å². The van der Waals surface area contributed by atoms with E-state index in [0.717, 1.165) is 5.56 Å². The topological polar surface area (TPSA) is 29.1 Å². The molecule has 1 aromatic carbocycles. The van der Waals surface area contributed by atoms with E-state index in [0.29, 0.717) is 18.9 Å². The third kappa shape index (κ3) is 7.19. The monoisotopic (exact) mass is 261 g/mol. The van der Waals surface area contributed by atoms with Gasteiger partial charge in [-0.15, -0.1) is 0 Å². The van der Waals surface area contributed by atoms with Crippen molar-refractivity contribution in [2.75, 3.05) is 6.54 Å². The molecule has 1 rings (SSSR count). The number of nitrogens with one attached hydrogen (secondary N) is 1. The Balaban J connectivity index is 2.32. The van der Waals surface area contributed by atoms with E-state index in [1.165, 1.54) is 18.2 Å². The van der Waals surface area contributed by atoms with E-state index in [-0.39, 0.29) is 11.7 Å². The van der Waals surface area contributed by atoms with E-state index >= 15 is 0 Å². The van der Waals surface area contributed by atoms with Crippen molar-refractivity contribution in [2.24, 2.45) is 5.92 Å². The fraction of sp³-hybridized carbons (Fsp3) is 0.312.